The van der Waals surface area contributed by atoms with Gasteiger partial charge in [-0.05, 0) is 30.2 Å². The summed E-state index contributed by atoms with van der Waals surface area (Å²) in [5.74, 6) is -0.972. The summed E-state index contributed by atoms with van der Waals surface area (Å²) in [6.45, 7) is 2.89. The van der Waals surface area contributed by atoms with Crippen molar-refractivity contribution in [1.82, 2.24) is 14.7 Å². The molecule has 0 spiro atoms. The molecule has 182 valence electrons. The lowest BCUT2D eigenvalue weighted by molar-refractivity contribution is -0.151. The molecule has 7 heteroatoms. The number of amides is 1. The minimum atomic E-state index is -1.02. The molecule has 36 heavy (non-hydrogen) atoms. The van der Waals surface area contributed by atoms with Crippen LogP contribution in [0.25, 0.3) is 5.69 Å². The topological polar surface area (TPSA) is 78.7 Å². The van der Waals surface area contributed by atoms with E-state index in [2.05, 4.69) is 5.10 Å². The molecule has 0 aliphatic carbocycles. The molecular formula is C29H28N4O3. The first-order chi connectivity index (χ1) is 17.5. The number of anilines is 1. The van der Waals surface area contributed by atoms with E-state index in [-0.39, 0.29) is 12.5 Å². The van der Waals surface area contributed by atoms with Crippen molar-refractivity contribution in [3.8, 4) is 5.69 Å². The van der Waals surface area contributed by atoms with Gasteiger partial charge in [-0.3, -0.25) is 4.79 Å². The first-order valence-corrected chi connectivity index (χ1v) is 12.0. The van der Waals surface area contributed by atoms with Gasteiger partial charge in [0.25, 0.3) is 0 Å². The Morgan fingerprint density at radius 3 is 1.97 bits per heavy atom. The van der Waals surface area contributed by atoms with Crippen molar-refractivity contribution in [1.29, 1.82) is 0 Å². The zero-order chi connectivity index (χ0) is 25.1. The number of hydrogen-bond donors (Lipinski definition) is 1. The Balaban J connectivity index is 1.46. The SMILES string of the molecule is Cc1cc(N2CCN(C(=O)C(c3ccccc3)c3ccccc3)[C@H](C(=O)O)C2)n(-c2ccccc2)n1. The number of aliphatic carboxylic acids is 1. The molecule has 1 saturated heterocycles. The number of carbonyl (C=O) groups excluding carboxylic acids is 1. The maximum Gasteiger partial charge on any atom is 0.328 e. The van der Waals surface area contributed by atoms with E-state index in [9.17, 15) is 14.7 Å². The fraction of sp³-hybridized carbons (Fsp3) is 0.207. The summed E-state index contributed by atoms with van der Waals surface area (Å²) in [5, 5.41) is 14.8. The van der Waals surface area contributed by atoms with E-state index in [0.29, 0.717) is 13.1 Å². The lowest BCUT2D eigenvalue weighted by Crippen LogP contribution is -2.59. The highest BCUT2D eigenvalue weighted by atomic mass is 16.4. The van der Waals surface area contributed by atoms with E-state index in [1.54, 1.807) is 0 Å². The quantitative estimate of drug-likeness (QED) is 0.449. The van der Waals surface area contributed by atoms with Gasteiger partial charge in [-0.1, -0.05) is 78.9 Å². The van der Waals surface area contributed by atoms with Crippen LogP contribution in [0.3, 0.4) is 0 Å². The minimum Gasteiger partial charge on any atom is -0.480 e. The molecule has 0 bridgehead atoms. The Hall–Kier alpha value is -4.39. The van der Waals surface area contributed by atoms with Crippen LogP contribution in [-0.4, -0.2) is 57.3 Å². The number of carbonyl (C=O) groups is 2. The summed E-state index contributed by atoms with van der Waals surface area (Å²) >= 11 is 0. The normalized spacial score (nSPS) is 15.8. The summed E-state index contributed by atoms with van der Waals surface area (Å²) in [6, 6.07) is 29.8. The van der Waals surface area contributed by atoms with Gasteiger partial charge in [0.2, 0.25) is 5.91 Å². The number of para-hydroxylation sites is 1. The van der Waals surface area contributed by atoms with Crippen molar-refractivity contribution in [3.63, 3.8) is 0 Å². The van der Waals surface area contributed by atoms with Gasteiger partial charge in [-0.15, -0.1) is 0 Å². The van der Waals surface area contributed by atoms with E-state index >= 15 is 0 Å². The first kappa shape index (κ1) is 23.4. The summed E-state index contributed by atoms with van der Waals surface area (Å²) < 4.78 is 1.84. The number of benzene rings is 3. The van der Waals surface area contributed by atoms with Crippen LogP contribution in [0.2, 0.25) is 0 Å². The van der Waals surface area contributed by atoms with Gasteiger partial charge >= 0.3 is 5.97 Å². The zero-order valence-corrected chi connectivity index (χ0v) is 20.1. The number of aromatic nitrogens is 2. The van der Waals surface area contributed by atoms with Crippen molar-refractivity contribution in [2.45, 2.75) is 18.9 Å². The second-order valence-electron chi connectivity index (χ2n) is 8.98. The maximum atomic E-state index is 14.0. The summed E-state index contributed by atoms with van der Waals surface area (Å²) in [6.07, 6.45) is 0. The van der Waals surface area contributed by atoms with E-state index < -0.39 is 17.9 Å². The number of nitrogens with zero attached hydrogens (tertiary/aromatic N) is 4. The summed E-state index contributed by atoms with van der Waals surface area (Å²) in [5.41, 5.74) is 3.43. The summed E-state index contributed by atoms with van der Waals surface area (Å²) in [4.78, 5) is 30.0. The Kier molecular flexibility index (Phi) is 6.54. The Labute approximate surface area is 210 Å². The molecule has 2 heterocycles. The Morgan fingerprint density at radius 2 is 1.42 bits per heavy atom. The molecule has 1 amide bonds. The van der Waals surface area contributed by atoms with E-state index in [0.717, 1.165) is 28.3 Å². The lowest BCUT2D eigenvalue weighted by Gasteiger charge is -2.41. The molecule has 1 fully saturated rings. The van der Waals surface area contributed by atoms with Crippen LogP contribution in [0.15, 0.2) is 97.1 Å². The number of aryl methyl sites for hydroxylation is 1. The highest BCUT2D eigenvalue weighted by Crippen LogP contribution is 2.30. The molecule has 5 rings (SSSR count). The monoisotopic (exact) mass is 480 g/mol. The third kappa shape index (κ3) is 4.60. The molecule has 1 N–H and O–H groups in total. The number of carboxylic acid groups (broad SMARTS) is 1. The van der Waals surface area contributed by atoms with Gasteiger partial charge in [-0.2, -0.15) is 5.10 Å². The fourth-order valence-corrected chi connectivity index (χ4v) is 4.87. The molecule has 4 aromatic rings. The van der Waals surface area contributed by atoms with Crippen LogP contribution in [0, 0.1) is 6.92 Å². The standard InChI is InChI=1S/C29H28N4O3/c1-21-19-26(33(30-21)24-15-9-4-10-16-24)31-17-18-32(25(20-31)29(35)36)28(34)27(22-11-5-2-6-12-22)23-13-7-3-8-14-23/h2-16,19,25,27H,17-18,20H2,1H3,(H,35,36)/t25-/m0/s1. The smallest absolute Gasteiger partial charge is 0.328 e. The van der Waals surface area contributed by atoms with Crippen LogP contribution in [0.1, 0.15) is 22.7 Å². The lowest BCUT2D eigenvalue weighted by atomic mass is 9.89. The molecule has 7 nitrogen and oxygen atoms in total. The molecule has 3 aromatic carbocycles. The van der Waals surface area contributed by atoms with Crippen LogP contribution in [0.5, 0.6) is 0 Å². The largest absolute Gasteiger partial charge is 0.480 e. The van der Waals surface area contributed by atoms with Gasteiger partial charge in [0, 0.05) is 19.2 Å². The average Bonchev–Trinajstić information content (AvgIpc) is 3.32. The van der Waals surface area contributed by atoms with Gasteiger partial charge in [0.1, 0.15) is 11.9 Å². The van der Waals surface area contributed by atoms with Gasteiger partial charge in [0.05, 0.1) is 23.8 Å². The molecule has 0 unspecified atom stereocenters. The predicted octanol–water partition coefficient (Wildman–Crippen LogP) is 4.11. The fourth-order valence-electron chi connectivity index (χ4n) is 4.87. The van der Waals surface area contributed by atoms with Crippen LogP contribution in [0.4, 0.5) is 5.82 Å². The molecule has 1 aromatic heterocycles. The van der Waals surface area contributed by atoms with Gasteiger partial charge in [0.15, 0.2) is 0 Å². The highest BCUT2D eigenvalue weighted by Gasteiger charge is 2.39. The minimum absolute atomic E-state index is 0.176. The van der Waals surface area contributed by atoms with E-state index in [1.165, 1.54) is 4.90 Å². The van der Waals surface area contributed by atoms with Crippen molar-refractivity contribution in [2.75, 3.05) is 24.5 Å². The molecular weight excluding hydrogens is 452 g/mol. The number of carboxylic acids is 1. The van der Waals surface area contributed by atoms with Gasteiger partial charge < -0.3 is 14.9 Å². The zero-order valence-electron chi connectivity index (χ0n) is 20.1. The predicted molar refractivity (Wildman–Crippen MR) is 138 cm³/mol. The number of piperazine rings is 1. The number of hydrogen-bond acceptors (Lipinski definition) is 4. The molecule has 0 saturated carbocycles. The average molecular weight is 481 g/mol. The van der Waals surface area contributed by atoms with Crippen molar-refractivity contribution in [2.24, 2.45) is 0 Å². The second-order valence-corrected chi connectivity index (χ2v) is 8.98. The summed E-state index contributed by atoms with van der Waals surface area (Å²) in [7, 11) is 0. The molecule has 1 aliphatic rings. The highest BCUT2D eigenvalue weighted by molar-refractivity contribution is 5.91. The van der Waals surface area contributed by atoms with Crippen LogP contribution >= 0.6 is 0 Å². The van der Waals surface area contributed by atoms with Crippen molar-refractivity contribution < 1.29 is 14.7 Å². The van der Waals surface area contributed by atoms with Gasteiger partial charge in [-0.25, -0.2) is 9.48 Å². The molecule has 1 aliphatic heterocycles. The van der Waals surface area contributed by atoms with Crippen LogP contribution in [-0.2, 0) is 9.59 Å². The van der Waals surface area contributed by atoms with E-state index in [1.807, 2.05) is 114 Å². The third-order valence-corrected chi connectivity index (χ3v) is 6.60. The van der Waals surface area contributed by atoms with Crippen LogP contribution < -0.4 is 4.90 Å². The molecule has 1 atom stereocenters. The van der Waals surface area contributed by atoms with Crippen molar-refractivity contribution in [3.05, 3.63) is 114 Å². The maximum absolute atomic E-state index is 14.0. The van der Waals surface area contributed by atoms with E-state index in [4.69, 9.17) is 0 Å². The second kappa shape index (κ2) is 10.1. The van der Waals surface area contributed by atoms with Crippen molar-refractivity contribution >= 4 is 17.7 Å². The Morgan fingerprint density at radius 1 is 0.861 bits per heavy atom. The number of rotatable bonds is 6. The first-order valence-electron chi connectivity index (χ1n) is 12.0. The molecule has 0 radical (unpaired) electrons. The third-order valence-electron chi connectivity index (χ3n) is 6.60. The Bertz CT molecular complexity index is 1300.